The zero-order chi connectivity index (χ0) is 17.7. The van der Waals surface area contributed by atoms with E-state index in [1.165, 1.54) is 7.11 Å². The summed E-state index contributed by atoms with van der Waals surface area (Å²) in [5, 5.41) is 0. The number of carbonyl (C=O) groups is 2. The van der Waals surface area contributed by atoms with E-state index in [1.54, 1.807) is 45.2 Å². The lowest BCUT2D eigenvalue weighted by Crippen LogP contribution is -2.08. The molecule has 24 heavy (non-hydrogen) atoms. The van der Waals surface area contributed by atoms with Crippen LogP contribution in [0.2, 0.25) is 0 Å². The van der Waals surface area contributed by atoms with Crippen LogP contribution in [0.25, 0.3) is 11.1 Å². The first-order valence-corrected chi connectivity index (χ1v) is 7.60. The van der Waals surface area contributed by atoms with Gasteiger partial charge in [-0.1, -0.05) is 0 Å². The van der Waals surface area contributed by atoms with Gasteiger partial charge in [-0.25, -0.2) is 9.59 Å². The second-order valence-electron chi connectivity index (χ2n) is 4.82. The Bertz CT molecular complexity index is 666. The average Bonchev–Trinajstić information content (AvgIpc) is 2.74. The Morgan fingerprint density at radius 1 is 0.792 bits per heavy atom. The maximum absolute atomic E-state index is 12.4. The molecular weight excluding hydrogens is 312 g/mol. The average molecular weight is 332 g/mol. The van der Waals surface area contributed by atoms with Crippen molar-refractivity contribution in [3.8, 4) is 22.6 Å². The van der Waals surface area contributed by atoms with Crippen LogP contribution in [0.3, 0.4) is 0 Å². The second-order valence-corrected chi connectivity index (χ2v) is 4.82. The normalized spacial score (nSPS) is 10.3. The van der Waals surface area contributed by atoms with Crippen LogP contribution in [0.1, 0.15) is 34.6 Å². The number of rotatable bonds is 6. The molecule has 0 unspecified atom stereocenters. The van der Waals surface area contributed by atoms with Gasteiger partial charge in [0.05, 0.1) is 27.4 Å². The van der Waals surface area contributed by atoms with Crippen LogP contribution in [0.15, 0.2) is 24.3 Å². The molecule has 0 bridgehead atoms. The summed E-state index contributed by atoms with van der Waals surface area (Å²) < 4.78 is 20.8. The Kier molecular flexibility index (Phi) is 5.63. The van der Waals surface area contributed by atoms with E-state index in [0.717, 1.165) is 0 Å². The molecule has 2 rings (SSSR count). The van der Waals surface area contributed by atoms with Gasteiger partial charge in [0.15, 0.2) is 0 Å². The molecule has 0 aromatic heterocycles. The van der Waals surface area contributed by atoms with Gasteiger partial charge in [0.2, 0.25) is 0 Å². The Balaban J connectivity index is 2.78. The maximum Gasteiger partial charge on any atom is 0.342 e. The first-order valence-electron chi connectivity index (χ1n) is 7.60. The Hall–Kier alpha value is -2.76. The van der Waals surface area contributed by atoms with E-state index in [1.807, 2.05) is 0 Å². The molecule has 0 saturated carbocycles. The molecular formula is C18H20O6. The van der Waals surface area contributed by atoms with Crippen molar-refractivity contribution in [2.75, 3.05) is 27.4 Å². The molecule has 2 aliphatic carbocycles. The van der Waals surface area contributed by atoms with Crippen molar-refractivity contribution >= 4 is 11.9 Å². The van der Waals surface area contributed by atoms with E-state index >= 15 is 0 Å². The van der Waals surface area contributed by atoms with Crippen molar-refractivity contribution < 1.29 is 28.5 Å². The zero-order valence-corrected chi connectivity index (χ0v) is 14.2. The summed E-state index contributed by atoms with van der Waals surface area (Å²) in [4.78, 5) is 24.8. The highest BCUT2D eigenvalue weighted by molar-refractivity contribution is 6.12. The van der Waals surface area contributed by atoms with Gasteiger partial charge in [0.25, 0.3) is 0 Å². The molecule has 0 N–H and O–H groups in total. The predicted molar refractivity (Wildman–Crippen MR) is 88.1 cm³/mol. The van der Waals surface area contributed by atoms with E-state index in [2.05, 4.69) is 0 Å². The van der Waals surface area contributed by atoms with Crippen LogP contribution >= 0.6 is 0 Å². The quantitative estimate of drug-likeness (QED) is 0.757. The molecule has 0 spiro atoms. The summed E-state index contributed by atoms with van der Waals surface area (Å²) in [6.07, 6.45) is 0. The molecule has 0 amide bonds. The molecule has 0 radical (unpaired) electrons. The van der Waals surface area contributed by atoms with Gasteiger partial charge in [0, 0.05) is 11.1 Å². The highest BCUT2D eigenvalue weighted by Gasteiger charge is 2.33. The lowest BCUT2D eigenvalue weighted by molar-refractivity contribution is 0.0523. The molecule has 0 aromatic carbocycles. The topological polar surface area (TPSA) is 71.1 Å². The van der Waals surface area contributed by atoms with Crippen LogP contribution in [0.4, 0.5) is 0 Å². The van der Waals surface area contributed by atoms with Gasteiger partial charge in [0.1, 0.15) is 22.6 Å². The number of hydrogen-bond acceptors (Lipinski definition) is 6. The smallest absolute Gasteiger partial charge is 0.342 e. The Morgan fingerprint density at radius 3 is 1.58 bits per heavy atom. The summed E-state index contributed by atoms with van der Waals surface area (Å²) in [5.74, 6) is -0.359. The van der Waals surface area contributed by atoms with Crippen LogP contribution in [0, 0.1) is 0 Å². The fraction of sp³-hybridized carbons (Fsp3) is 0.333. The molecule has 0 heterocycles. The molecule has 6 heteroatoms. The zero-order valence-electron chi connectivity index (χ0n) is 14.2. The minimum atomic E-state index is -0.555. The van der Waals surface area contributed by atoms with Gasteiger partial charge in [-0.05, 0) is 38.1 Å². The van der Waals surface area contributed by atoms with E-state index in [9.17, 15) is 9.59 Å². The molecule has 0 saturated heterocycles. The molecule has 0 aliphatic heterocycles. The first kappa shape index (κ1) is 17.6. The number of methoxy groups -OCH3 is 2. The van der Waals surface area contributed by atoms with Crippen molar-refractivity contribution in [3.63, 3.8) is 0 Å². The Morgan fingerprint density at radius 2 is 1.25 bits per heavy atom. The monoisotopic (exact) mass is 332 g/mol. The maximum atomic E-state index is 12.4. The molecule has 0 fully saturated rings. The standard InChI is InChI=1S/C18H20O6/c1-5-23-17(19)14-12-9-7-11(21-3)8-10-13(12)15(16(14)22-4)18(20)24-6-2/h7-10H,5-6H2,1-4H3. The van der Waals surface area contributed by atoms with E-state index in [0.29, 0.717) is 16.9 Å². The van der Waals surface area contributed by atoms with Gasteiger partial charge in [-0.2, -0.15) is 0 Å². The van der Waals surface area contributed by atoms with Crippen LogP contribution < -0.4 is 9.47 Å². The van der Waals surface area contributed by atoms with Gasteiger partial charge in [-0.15, -0.1) is 0 Å². The van der Waals surface area contributed by atoms with Crippen molar-refractivity contribution in [1.82, 2.24) is 0 Å². The third-order valence-electron chi connectivity index (χ3n) is 3.51. The van der Waals surface area contributed by atoms with Crippen molar-refractivity contribution in [1.29, 1.82) is 0 Å². The van der Waals surface area contributed by atoms with Gasteiger partial charge >= 0.3 is 11.9 Å². The van der Waals surface area contributed by atoms with Crippen molar-refractivity contribution in [2.45, 2.75) is 13.8 Å². The van der Waals surface area contributed by atoms with Gasteiger partial charge < -0.3 is 18.9 Å². The predicted octanol–water partition coefficient (Wildman–Crippen LogP) is 3.16. The molecule has 2 aliphatic rings. The first-order chi connectivity index (χ1) is 11.6. The number of hydrogen-bond donors (Lipinski definition) is 0. The summed E-state index contributed by atoms with van der Waals surface area (Å²) in [6.45, 7) is 3.85. The molecule has 6 nitrogen and oxygen atoms in total. The number of carbonyl (C=O) groups excluding carboxylic acids is 2. The van der Waals surface area contributed by atoms with Crippen LogP contribution in [-0.2, 0) is 9.47 Å². The summed E-state index contributed by atoms with van der Waals surface area (Å²) >= 11 is 0. The van der Waals surface area contributed by atoms with Crippen LogP contribution in [0.5, 0.6) is 11.5 Å². The third-order valence-corrected chi connectivity index (χ3v) is 3.51. The van der Waals surface area contributed by atoms with E-state index < -0.39 is 11.9 Å². The lowest BCUT2D eigenvalue weighted by atomic mass is 10.1. The summed E-state index contributed by atoms with van der Waals surface area (Å²) in [6, 6.07) is 6.82. The van der Waals surface area contributed by atoms with Crippen LogP contribution in [-0.4, -0.2) is 39.4 Å². The minimum Gasteiger partial charge on any atom is -0.497 e. The number of fused-ring (bicyclic) bond motifs is 1. The molecule has 0 aromatic rings. The third kappa shape index (κ3) is 3.13. The Labute approximate surface area is 140 Å². The number of ether oxygens (including phenoxy) is 4. The van der Waals surface area contributed by atoms with E-state index in [4.69, 9.17) is 18.9 Å². The second kappa shape index (κ2) is 7.68. The number of esters is 2. The summed E-state index contributed by atoms with van der Waals surface area (Å²) in [5.41, 5.74) is 1.49. The highest BCUT2D eigenvalue weighted by Crippen LogP contribution is 2.43. The van der Waals surface area contributed by atoms with E-state index in [-0.39, 0.29) is 30.1 Å². The summed E-state index contributed by atoms with van der Waals surface area (Å²) in [7, 11) is 2.94. The largest absolute Gasteiger partial charge is 0.497 e. The van der Waals surface area contributed by atoms with Gasteiger partial charge in [-0.3, -0.25) is 0 Å². The fourth-order valence-electron chi connectivity index (χ4n) is 2.52. The minimum absolute atomic E-state index is 0.159. The highest BCUT2D eigenvalue weighted by atomic mass is 16.5. The van der Waals surface area contributed by atoms with Crippen molar-refractivity contribution in [2.24, 2.45) is 0 Å². The lowest BCUT2D eigenvalue weighted by Gasteiger charge is -2.06. The molecule has 0 atom stereocenters. The SMILES string of the molecule is CCOC(=O)c1c2ccc(OC)ccc-2c(C(=O)OCC)c1OC. The molecule has 128 valence electrons. The fourth-order valence-corrected chi connectivity index (χ4v) is 2.52. The van der Waals surface area contributed by atoms with Crippen molar-refractivity contribution in [3.05, 3.63) is 35.4 Å².